The molecule has 0 aliphatic heterocycles. The van der Waals surface area contributed by atoms with Crippen molar-refractivity contribution in [3.05, 3.63) is 60.2 Å². The minimum atomic E-state index is -3.60. The third kappa shape index (κ3) is 8.55. The Morgan fingerprint density at radius 2 is 1.67 bits per heavy atom. The number of benzene rings is 2. The predicted molar refractivity (Wildman–Crippen MR) is 143 cm³/mol. The molecule has 0 heterocycles. The molecule has 8 nitrogen and oxygen atoms in total. The van der Waals surface area contributed by atoms with Crippen LogP contribution in [0.1, 0.15) is 45.6 Å². The molecule has 2 aromatic rings. The number of ether oxygens (including phenoxy) is 1. The number of methoxy groups -OCH3 is 1. The second kappa shape index (κ2) is 13.9. The SMILES string of the molecule is CCC(C(=O)NCC(C)C)N(Cc1ccccc1)C(=O)CCCN(c1ccccc1OC)S(C)(=O)=O. The van der Waals surface area contributed by atoms with Crippen molar-refractivity contribution < 1.29 is 22.7 Å². The highest BCUT2D eigenvalue weighted by atomic mass is 32.2. The fourth-order valence-electron chi connectivity index (χ4n) is 3.94. The number of nitrogens with one attached hydrogen (secondary N) is 1. The fourth-order valence-corrected chi connectivity index (χ4v) is 4.91. The zero-order chi connectivity index (χ0) is 26.7. The highest BCUT2D eigenvalue weighted by Crippen LogP contribution is 2.29. The molecule has 0 fully saturated rings. The highest BCUT2D eigenvalue weighted by Gasteiger charge is 2.29. The van der Waals surface area contributed by atoms with Gasteiger partial charge in [-0.2, -0.15) is 0 Å². The summed E-state index contributed by atoms with van der Waals surface area (Å²) in [5.41, 5.74) is 1.35. The number of carbonyl (C=O) groups is 2. The van der Waals surface area contributed by atoms with Crippen LogP contribution in [0.5, 0.6) is 5.75 Å². The summed E-state index contributed by atoms with van der Waals surface area (Å²) in [4.78, 5) is 28.0. The first-order chi connectivity index (χ1) is 17.1. The lowest BCUT2D eigenvalue weighted by Crippen LogP contribution is -2.49. The van der Waals surface area contributed by atoms with E-state index in [1.54, 1.807) is 29.2 Å². The average Bonchev–Trinajstić information content (AvgIpc) is 2.85. The van der Waals surface area contributed by atoms with Gasteiger partial charge in [-0.1, -0.05) is 63.2 Å². The summed E-state index contributed by atoms with van der Waals surface area (Å²) >= 11 is 0. The molecule has 1 unspecified atom stereocenters. The van der Waals surface area contributed by atoms with Gasteiger partial charge >= 0.3 is 0 Å². The van der Waals surface area contributed by atoms with Gasteiger partial charge in [-0.25, -0.2) is 8.42 Å². The van der Waals surface area contributed by atoms with E-state index in [1.165, 1.54) is 11.4 Å². The number of hydrogen-bond donors (Lipinski definition) is 1. The second-order valence-electron chi connectivity index (χ2n) is 9.18. The van der Waals surface area contributed by atoms with Gasteiger partial charge in [0.25, 0.3) is 0 Å². The van der Waals surface area contributed by atoms with E-state index in [1.807, 2.05) is 51.1 Å². The van der Waals surface area contributed by atoms with Crippen LogP contribution >= 0.6 is 0 Å². The molecule has 1 atom stereocenters. The van der Waals surface area contributed by atoms with E-state index in [4.69, 9.17) is 4.74 Å². The van der Waals surface area contributed by atoms with E-state index in [-0.39, 0.29) is 24.8 Å². The molecular weight excluding hydrogens is 478 g/mol. The van der Waals surface area contributed by atoms with E-state index in [0.29, 0.717) is 43.3 Å². The number of rotatable bonds is 14. The van der Waals surface area contributed by atoms with Crippen LogP contribution in [0.15, 0.2) is 54.6 Å². The van der Waals surface area contributed by atoms with Crippen LogP contribution in [0, 0.1) is 5.92 Å². The zero-order valence-electron chi connectivity index (χ0n) is 21.9. The normalized spacial score (nSPS) is 12.2. The number of nitrogens with zero attached hydrogens (tertiary/aromatic N) is 2. The van der Waals surface area contributed by atoms with Crippen molar-refractivity contribution in [1.29, 1.82) is 0 Å². The molecule has 0 aliphatic carbocycles. The second-order valence-corrected chi connectivity index (χ2v) is 11.1. The lowest BCUT2D eigenvalue weighted by atomic mass is 10.1. The summed E-state index contributed by atoms with van der Waals surface area (Å²) in [6.07, 6.45) is 2.00. The topological polar surface area (TPSA) is 96.0 Å². The Balaban J connectivity index is 2.21. The molecule has 2 aromatic carbocycles. The van der Waals surface area contributed by atoms with Gasteiger partial charge in [-0.05, 0) is 36.5 Å². The third-order valence-electron chi connectivity index (χ3n) is 5.77. The molecule has 36 heavy (non-hydrogen) atoms. The summed E-state index contributed by atoms with van der Waals surface area (Å²) in [5, 5.41) is 2.95. The number of carbonyl (C=O) groups excluding carboxylic acids is 2. The summed E-state index contributed by atoms with van der Waals surface area (Å²) in [6, 6.07) is 15.8. The Labute approximate surface area is 215 Å². The first-order valence-electron chi connectivity index (χ1n) is 12.3. The first-order valence-corrected chi connectivity index (χ1v) is 14.1. The summed E-state index contributed by atoms with van der Waals surface area (Å²) in [5.74, 6) is 0.357. The minimum absolute atomic E-state index is 0.0992. The van der Waals surface area contributed by atoms with Crippen LogP contribution in [-0.4, -0.2) is 57.6 Å². The third-order valence-corrected chi connectivity index (χ3v) is 6.95. The standard InChI is InChI=1S/C27H39N3O5S/c1-6-23(27(32)28-19-21(2)3)29(20-22-13-8-7-9-14-22)26(31)17-12-18-30(36(5,33)34)24-15-10-11-16-25(24)35-4/h7-11,13-16,21,23H,6,12,17-20H2,1-5H3,(H,28,32). The van der Waals surface area contributed by atoms with Crippen molar-refractivity contribution in [3.63, 3.8) is 0 Å². The molecule has 2 amide bonds. The number of sulfonamides is 1. The van der Waals surface area contributed by atoms with Gasteiger partial charge in [0.2, 0.25) is 21.8 Å². The Morgan fingerprint density at radius 3 is 2.25 bits per heavy atom. The van der Waals surface area contributed by atoms with Crippen molar-refractivity contribution in [2.45, 2.75) is 52.6 Å². The number of para-hydroxylation sites is 2. The maximum atomic E-state index is 13.4. The van der Waals surface area contributed by atoms with Crippen molar-refractivity contribution >= 4 is 27.5 Å². The Kier molecular flexibility index (Phi) is 11.2. The largest absolute Gasteiger partial charge is 0.495 e. The van der Waals surface area contributed by atoms with Gasteiger partial charge < -0.3 is 15.0 Å². The lowest BCUT2D eigenvalue weighted by molar-refractivity contribution is -0.141. The summed E-state index contributed by atoms with van der Waals surface area (Å²) in [7, 11) is -2.12. The summed E-state index contributed by atoms with van der Waals surface area (Å²) < 4.78 is 31.7. The molecule has 198 valence electrons. The quantitative estimate of drug-likeness (QED) is 0.411. The zero-order valence-corrected chi connectivity index (χ0v) is 22.8. The maximum absolute atomic E-state index is 13.4. The molecule has 2 rings (SSSR count). The monoisotopic (exact) mass is 517 g/mol. The smallest absolute Gasteiger partial charge is 0.242 e. The van der Waals surface area contributed by atoms with E-state index in [2.05, 4.69) is 5.32 Å². The maximum Gasteiger partial charge on any atom is 0.242 e. The molecule has 0 spiro atoms. The van der Waals surface area contributed by atoms with E-state index >= 15 is 0 Å². The van der Waals surface area contributed by atoms with Crippen LogP contribution in [-0.2, 0) is 26.2 Å². The number of anilines is 1. The molecule has 9 heteroatoms. The molecule has 0 aliphatic rings. The van der Waals surface area contributed by atoms with Crippen molar-refractivity contribution in [3.8, 4) is 5.75 Å². The fraction of sp³-hybridized carbons (Fsp3) is 0.481. The summed E-state index contributed by atoms with van der Waals surface area (Å²) in [6.45, 7) is 6.87. The molecule has 0 aromatic heterocycles. The molecule has 0 saturated carbocycles. The van der Waals surface area contributed by atoms with Gasteiger partial charge in [0, 0.05) is 26.1 Å². The van der Waals surface area contributed by atoms with E-state index in [9.17, 15) is 18.0 Å². The van der Waals surface area contributed by atoms with Gasteiger partial charge in [0.05, 0.1) is 19.1 Å². The van der Waals surface area contributed by atoms with Crippen LogP contribution in [0.3, 0.4) is 0 Å². The average molecular weight is 518 g/mol. The van der Waals surface area contributed by atoms with Gasteiger partial charge in [-0.15, -0.1) is 0 Å². The predicted octanol–water partition coefficient (Wildman–Crippen LogP) is 3.82. The Morgan fingerprint density at radius 1 is 1.03 bits per heavy atom. The van der Waals surface area contributed by atoms with E-state index < -0.39 is 16.1 Å². The van der Waals surface area contributed by atoms with E-state index in [0.717, 1.165) is 11.8 Å². The van der Waals surface area contributed by atoms with Crippen LogP contribution in [0.4, 0.5) is 5.69 Å². The number of amides is 2. The molecule has 0 bridgehead atoms. The Bertz CT molecular complexity index is 1090. The van der Waals surface area contributed by atoms with Crippen molar-refractivity contribution in [2.75, 3.05) is 30.8 Å². The van der Waals surface area contributed by atoms with Crippen LogP contribution < -0.4 is 14.4 Å². The van der Waals surface area contributed by atoms with Crippen LogP contribution in [0.25, 0.3) is 0 Å². The van der Waals surface area contributed by atoms with Crippen molar-refractivity contribution in [2.24, 2.45) is 5.92 Å². The first kappa shape index (κ1) is 29.2. The van der Waals surface area contributed by atoms with Crippen molar-refractivity contribution in [1.82, 2.24) is 10.2 Å². The molecule has 1 N–H and O–H groups in total. The molecule has 0 radical (unpaired) electrons. The molecule has 0 saturated heterocycles. The highest BCUT2D eigenvalue weighted by molar-refractivity contribution is 7.92. The van der Waals surface area contributed by atoms with Gasteiger partial charge in [-0.3, -0.25) is 13.9 Å². The Hall–Kier alpha value is -3.07. The van der Waals surface area contributed by atoms with Gasteiger partial charge in [0.1, 0.15) is 11.8 Å². The lowest BCUT2D eigenvalue weighted by Gasteiger charge is -2.31. The van der Waals surface area contributed by atoms with Crippen LogP contribution in [0.2, 0.25) is 0 Å². The number of hydrogen-bond acceptors (Lipinski definition) is 5. The van der Waals surface area contributed by atoms with Gasteiger partial charge in [0.15, 0.2) is 0 Å². The minimum Gasteiger partial charge on any atom is -0.495 e. The molecular formula is C27H39N3O5S.